The lowest BCUT2D eigenvalue weighted by Crippen LogP contribution is -2.32. The molecule has 0 radical (unpaired) electrons. The summed E-state index contributed by atoms with van der Waals surface area (Å²) in [6, 6.07) is 17.5. The van der Waals surface area contributed by atoms with Crippen LogP contribution in [0.4, 0.5) is 5.69 Å². The van der Waals surface area contributed by atoms with E-state index in [-0.39, 0.29) is 5.91 Å². The lowest BCUT2D eigenvalue weighted by molar-refractivity contribution is -0.116. The molecule has 4 nitrogen and oxygen atoms in total. The second-order valence-corrected chi connectivity index (χ2v) is 8.54. The van der Waals surface area contributed by atoms with E-state index in [0.717, 1.165) is 32.1 Å². The van der Waals surface area contributed by atoms with Crippen molar-refractivity contribution >= 4 is 56.5 Å². The van der Waals surface area contributed by atoms with Crippen LogP contribution in [0.15, 0.2) is 71.3 Å². The van der Waals surface area contributed by atoms with Crippen molar-refractivity contribution < 1.29 is 4.79 Å². The van der Waals surface area contributed by atoms with Gasteiger partial charge in [0.25, 0.3) is 0 Å². The number of thioether (sulfide) groups is 1. The number of hydrogen-bond acceptors (Lipinski definition) is 5. The van der Waals surface area contributed by atoms with Crippen molar-refractivity contribution in [3.63, 3.8) is 0 Å². The second kappa shape index (κ2) is 8.95. The number of hydrogen-bond donors (Lipinski definition) is 0. The monoisotopic (exact) mass is 439 g/mol. The molecule has 4 rings (SSSR count). The Kier molecular flexibility index (Phi) is 6.13. The third-order valence-corrected chi connectivity index (χ3v) is 6.62. The molecular weight excluding hydrogens is 422 g/mol. The third kappa shape index (κ3) is 4.29. The highest BCUT2D eigenvalue weighted by Gasteiger charge is 2.18. The molecule has 0 saturated heterocycles. The first-order valence-electron chi connectivity index (χ1n) is 9.13. The number of para-hydroxylation sites is 1. The molecule has 2 heterocycles. The Hall–Kier alpha value is -2.41. The first-order valence-corrected chi connectivity index (χ1v) is 11.4. The van der Waals surface area contributed by atoms with Gasteiger partial charge in [0, 0.05) is 28.2 Å². The number of benzene rings is 2. The topological polar surface area (TPSA) is 46.1 Å². The average molecular weight is 440 g/mol. The lowest BCUT2D eigenvalue weighted by Gasteiger charge is -2.20. The number of amides is 1. The number of nitrogens with zero attached hydrogens (tertiary/aromatic N) is 3. The fourth-order valence-corrected chi connectivity index (χ4v) is 5.11. The van der Waals surface area contributed by atoms with Gasteiger partial charge in [-0.2, -0.15) is 0 Å². The van der Waals surface area contributed by atoms with Gasteiger partial charge >= 0.3 is 0 Å². The Morgan fingerprint density at radius 3 is 2.59 bits per heavy atom. The van der Waals surface area contributed by atoms with Gasteiger partial charge in [-0.3, -0.25) is 4.79 Å². The SMILES string of the molecule is CCN(C(=O)CSc1ncnc2scc(-c3ccc(Cl)cc3)c12)c1ccccc1. The summed E-state index contributed by atoms with van der Waals surface area (Å²) in [5, 5.41) is 4.58. The predicted octanol–water partition coefficient (Wildman–Crippen LogP) is 6.16. The summed E-state index contributed by atoms with van der Waals surface area (Å²) in [5.74, 6) is 0.365. The van der Waals surface area contributed by atoms with Crippen molar-refractivity contribution in [3.8, 4) is 11.1 Å². The Bertz CT molecular complexity index is 1130. The maximum Gasteiger partial charge on any atom is 0.237 e. The minimum atomic E-state index is 0.0544. The highest BCUT2D eigenvalue weighted by atomic mass is 35.5. The number of carbonyl (C=O) groups is 1. The van der Waals surface area contributed by atoms with Gasteiger partial charge in [0.05, 0.1) is 11.1 Å². The van der Waals surface area contributed by atoms with Crippen LogP contribution in [0.1, 0.15) is 6.92 Å². The van der Waals surface area contributed by atoms with Crippen LogP contribution in [0.2, 0.25) is 5.02 Å². The van der Waals surface area contributed by atoms with Crippen LogP contribution < -0.4 is 4.90 Å². The van der Waals surface area contributed by atoms with Crippen LogP contribution in [0.3, 0.4) is 0 Å². The summed E-state index contributed by atoms with van der Waals surface area (Å²) in [4.78, 5) is 24.4. The molecular formula is C22H18ClN3OS2. The normalized spacial score (nSPS) is 11.0. The number of thiophene rings is 1. The molecule has 0 fully saturated rings. The summed E-state index contributed by atoms with van der Waals surface area (Å²) in [6.45, 7) is 2.60. The van der Waals surface area contributed by atoms with Gasteiger partial charge in [-0.15, -0.1) is 11.3 Å². The van der Waals surface area contributed by atoms with Crippen molar-refractivity contribution in [2.75, 3.05) is 17.2 Å². The van der Waals surface area contributed by atoms with E-state index in [4.69, 9.17) is 11.6 Å². The molecule has 29 heavy (non-hydrogen) atoms. The van der Waals surface area contributed by atoms with Gasteiger partial charge < -0.3 is 4.90 Å². The molecule has 0 saturated carbocycles. The zero-order valence-corrected chi connectivity index (χ0v) is 18.1. The highest BCUT2D eigenvalue weighted by molar-refractivity contribution is 8.00. The molecule has 0 aliphatic carbocycles. The quantitative estimate of drug-likeness (QED) is 0.266. The lowest BCUT2D eigenvalue weighted by atomic mass is 10.1. The summed E-state index contributed by atoms with van der Waals surface area (Å²) in [7, 11) is 0. The summed E-state index contributed by atoms with van der Waals surface area (Å²) in [5.41, 5.74) is 3.03. The summed E-state index contributed by atoms with van der Waals surface area (Å²) < 4.78 is 0. The molecule has 4 aromatic rings. The Labute approximate surface area is 182 Å². The van der Waals surface area contributed by atoms with Crippen LogP contribution >= 0.6 is 34.7 Å². The fourth-order valence-electron chi connectivity index (χ4n) is 3.12. The molecule has 0 N–H and O–H groups in total. The van der Waals surface area contributed by atoms with E-state index in [2.05, 4.69) is 15.3 Å². The molecule has 2 aromatic carbocycles. The van der Waals surface area contributed by atoms with Crippen molar-refractivity contribution in [3.05, 3.63) is 71.3 Å². The van der Waals surface area contributed by atoms with E-state index in [1.54, 1.807) is 22.6 Å². The molecule has 0 atom stereocenters. The largest absolute Gasteiger partial charge is 0.312 e. The minimum absolute atomic E-state index is 0.0544. The number of aromatic nitrogens is 2. The van der Waals surface area contributed by atoms with Crippen molar-refractivity contribution in [1.29, 1.82) is 0 Å². The van der Waals surface area contributed by atoms with Gasteiger partial charge in [-0.1, -0.05) is 53.7 Å². The molecule has 0 bridgehead atoms. The number of rotatable bonds is 6. The molecule has 1 amide bonds. The first kappa shape index (κ1) is 19.9. The number of anilines is 1. The summed E-state index contributed by atoms with van der Waals surface area (Å²) >= 11 is 9.06. The van der Waals surface area contributed by atoms with Crippen molar-refractivity contribution in [2.24, 2.45) is 0 Å². The van der Waals surface area contributed by atoms with Gasteiger partial charge in [-0.25, -0.2) is 9.97 Å². The second-order valence-electron chi connectivity index (χ2n) is 6.28. The van der Waals surface area contributed by atoms with Gasteiger partial charge in [-0.05, 0) is 36.8 Å². The van der Waals surface area contributed by atoms with E-state index in [1.165, 1.54) is 11.8 Å². The van der Waals surface area contributed by atoms with Crippen LogP contribution in [0.25, 0.3) is 21.3 Å². The van der Waals surface area contributed by atoms with Gasteiger partial charge in [0.15, 0.2) is 0 Å². The Morgan fingerprint density at radius 1 is 1.10 bits per heavy atom. The smallest absolute Gasteiger partial charge is 0.237 e. The van der Waals surface area contributed by atoms with E-state index in [0.29, 0.717) is 17.3 Å². The molecule has 146 valence electrons. The minimum Gasteiger partial charge on any atom is -0.312 e. The molecule has 0 spiro atoms. The van der Waals surface area contributed by atoms with Crippen molar-refractivity contribution in [1.82, 2.24) is 9.97 Å². The number of halogens is 1. The van der Waals surface area contributed by atoms with Crippen LogP contribution in [0.5, 0.6) is 0 Å². The molecule has 2 aromatic heterocycles. The van der Waals surface area contributed by atoms with Gasteiger partial charge in [0.2, 0.25) is 5.91 Å². The highest BCUT2D eigenvalue weighted by Crippen LogP contribution is 2.38. The van der Waals surface area contributed by atoms with E-state index < -0.39 is 0 Å². The van der Waals surface area contributed by atoms with E-state index in [1.807, 2.05) is 61.5 Å². The van der Waals surface area contributed by atoms with Crippen LogP contribution in [-0.4, -0.2) is 28.2 Å². The molecule has 7 heteroatoms. The predicted molar refractivity (Wildman–Crippen MR) is 123 cm³/mol. The molecule has 0 aliphatic rings. The Balaban J connectivity index is 1.60. The average Bonchev–Trinajstić information content (AvgIpc) is 3.19. The number of fused-ring (bicyclic) bond motifs is 1. The van der Waals surface area contributed by atoms with E-state index >= 15 is 0 Å². The third-order valence-electron chi connectivity index (χ3n) is 4.51. The van der Waals surface area contributed by atoms with Gasteiger partial charge in [0.1, 0.15) is 16.2 Å². The summed E-state index contributed by atoms with van der Waals surface area (Å²) in [6.07, 6.45) is 1.56. The number of carbonyl (C=O) groups excluding carboxylic acids is 1. The van der Waals surface area contributed by atoms with Crippen LogP contribution in [0, 0.1) is 0 Å². The standard InChI is InChI=1S/C22H18ClN3OS2/c1-2-26(17-6-4-3-5-7-17)19(27)13-29-22-20-18(12-28-21(20)24-14-25-22)15-8-10-16(23)11-9-15/h3-12,14H,2,13H2,1H3. The first-order chi connectivity index (χ1) is 14.2. The maximum absolute atomic E-state index is 12.9. The van der Waals surface area contributed by atoms with Crippen molar-refractivity contribution in [2.45, 2.75) is 11.9 Å². The van der Waals surface area contributed by atoms with E-state index in [9.17, 15) is 4.79 Å². The molecule has 0 unspecified atom stereocenters. The maximum atomic E-state index is 12.9. The fraction of sp³-hybridized carbons (Fsp3) is 0.136. The molecule has 0 aliphatic heterocycles. The Morgan fingerprint density at radius 2 is 1.86 bits per heavy atom. The zero-order chi connectivity index (χ0) is 20.2. The zero-order valence-electron chi connectivity index (χ0n) is 15.7. The van der Waals surface area contributed by atoms with Crippen LogP contribution in [-0.2, 0) is 4.79 Å².